The number of carbonyl (C=O) groups is 1. The largest absolute Gasteiger partial charge is 0.478 e. The lowest BCUT2D eigenvalue weighted by atomic mass is 10.0. The molecule has 0 radical (unpaired) electrons. The molecule has 1 saturated carbocycles. The summed E-state index contributed by atoms with van der Waals surface area (Å²) in [5.41, 5.74) is 1.23. The van der Waals surface area contributed by atoms with Crippen LogP contribution < -0.4 is 5.32 Å². The molecule has 1 aromatic heterocycles. The lowest BCUT2D eigenvalue weighted by Gasteiger charge is -2.18. The Hall–Kier alpha value is -1.69. The molecule has 0 amide bonds. The molecular weight excluding hydrogens is 246 g/mol. The summed E-state index contributed by atoms with van der Waals surface area (Å²) in [7, 11) is 0. The second kappa shape index (κ2) is 5.13. The van der Waals surface area contributed by atoms with E-state index in [1.807, 2.05) is 13.8 Å². The molecular formula is C13H19N3O3. The minimum absolute atomic E-state index is 0.0231. The maximum atomic E-state index is 11.5. The van der Waals surface area contributed by atoms with Crippen molar-refractivity contribution in [1.82, 2.24) is 10.2 Å². The van der Waals surface area contributed by atoms with Crippen molar-refractivity contribution in [3.05, 3.63) is 16.8 Å². The Morgan fingerprint density at radius 2 is 2.00 bits per heavy atom. The molecule has 0 aromatic carbocycles. The molecule has 0 unspecified atom stereocenters. The van der Waals surface area contributed by atoms with E-state index in [2.05, 4.69) is 15.5 Å². The summed E-state index contributed by atoms with van der Waals surface area (Å²) in [5, 5.41) is 29.9. The fourth-order valence-corrected chi connectivity index (χ4v) is 2.22. The number of aliphatic hydroxyl groups excluding tert-OH is 1. The highest BCUT2D eigenvalue weighted by Gasteiger charge is 2.43. The average Bonchev–Trinajstić information content (AvgIpc) is 3.18. The lowest BCUT2D eigenvalue weighted by molar-refractivity contribution is 0.0696. The highest BCUT2D eigenvalue weighted by Crippen LogP contribution is 2.39. The van der Waals surface area contributed by atoms with E-state index in [-0.39, 0.29) is 18.0 Å². The molecule has 1 aromatic rings. The van der Waals surface area contributed by atoms with Crippen molar-refractivity contribution in [2.24, 2.45) is 0 Å². The number of aryl methyl sites for hydroxylation is 1. The van der Waals surface area contributed by atoms with E-state index in [1.54, 1.807) is 0 Å². The van der Waals surface area contributed by atoms with E-state index >= 15 is 0 Å². The molecule has 1 aliphatic carbocycles. The van der Waals surface area contributed by atoms with Crippen molar-refractivity contribution in [3.63, 3.8) is 0 Å². The van der Waals surface area contributed by atoms with Crippen LogP contribution in [-0.2, 0) is 12.8 Å². The van der Waals surface area contributed by atoms with Crippen molar-refractivity contribution in [2.45, 2.75) is 45.1 Å². The van der Waals surface area contributed by atoms with Gasteiger partial charge in [0.15, 0.2) is 5.82 Å². The molecule has 6 nitrogen and oxygen atoms in total. The quantitative estimate of drug-likeness (QED) is 0.716. The van der Waals surface area contributed by atoms with Crippen LogP contribution in [0.25, 0.3) is 0 Å². The molecule has 0 bridgehead atoms. The zero-order valence-corrected chi connectivity index (χ0v) is 11.2. The third kappa shape index (κ3) is 2.53. The van der Waals surface area contributed by atoms with Gasteiger partial charge in [-0.2, -0.15) is 5.10 Å². The molecule has 0 spiro atoms. The summed E-state index contributed by atoms with van der Waals surface area (Å²) in [6.07, 6.45) is 2.89. The first-order valence-electron chi connectivity index (χ1n) is 6.57. The summed E-state index contributed by atoms with van der Waals surface area (Å²) in [6, 6.07) is 0. The Balaban J connectivity index is 2.45. The van der Waals surface area contributed by atoms with E-state index in [9.17, 15) is 15.0 Å². The summed E-state index contributed by atoms with van der Waals surface area (Å²) in [5.74, 6) is -0.731. The van der Waals surface area contributed by atoms with Gasteiger partial charge in [0.1, 0.15) is 5.56 Å². The number of nitrogens with one attached hydrogen (secondary N) is 1. The first-order valence-corrected chi connectivity index (χ1v) is 6.57. The fraction of sp³-hybridized carbons (Fsp3) is 0.615. The second-order valence-corrected chi connectivity index (χ2v) is 4.92. The van der Waals surface area contributed by atoms with Crippen molar-refractivity contribution in [2.75, 3.05) is 11.9 Å². The molecule has 6 heteroatoms. The van der Waals surface area contributed by atoms with Crippen LogP contribution in [0.3, 0.4) is 0 Å². The van der Waals surface area contributed by atoms with Crippen LogP contribution in [0.1, 0.15) is 48.3 Å². The Morgan fingerprint density at radius 3 is 2.42 bits per heavy atom. The molecule has 19 heavy (non-hydrogen) atoms. The monoisotopic (exact) mass is 265 g/mol. The normalized spacial score (nSPS) is 16.2. The van der Waals surface area contributed by atoms with Gasteiger partial charge in [-0.3, -0.25) is 0 Å². The Morgan fingerprint density at radius 1 is 1.32 bits per heavy atom. The van der Waals surface area contributed by atoms with Crippen LogP contribution >= 0.6 is 0 Å². The van der Waals surface area contributed by atoms with Crippen LogP contribution in [0, 0.1) is 0 Å². The molecule has 1 fully saturated rings. The van der Waals surface area contributed by atoms with Gasteiger partial charge in [0.25, 0.3) is 0 Å². The molecule has 0 aliphatic heterocycles. The maximum Gasteiger partial charge on any atom is 0.339 e. The van der Waals surface area contributed by atoms with Gasteiger partial charge in [-0.1, -0.05) is 13.8 Å². The first-order chi connectivity index (χ1) is 9.06. The predicted octanol–water partition coefficient (Wildman–Crippen LogP) is 1.24. The lowest BCUT2D eigenvalue weighted by Crippen LogP contribution is -2.28. The number of aromatic carboxylic acids is 1. The van der Waals surface area contributed by atoms with E-state index in [1.165, 1.54) is 0 Å². The number of carboxylic acids is 1. The van der Waals surface area contributed by atoms with Gasteiger partial charge >= 0.3 is 5.97 Å². The Bertz CT molecular complexity index is 498. The summed E-state index contributed by atoms with van der Waals surface area (Å²) < 4.78 is 0. The van der Waals surface area contributed by atoms with Crippen molar-refractivity contribution in [1.29, 1.82) is 0 Å². The van der Waals surface area contributed by atoms with Gasteiger partial charge in [-0.15, -0.1) is 5.10 Å². The average molecular weight is 265 g/mol. The first kappa shape index (κ1) is 13.7. The van der Waals surface area contributed by atoms with Crippen molar-refractivity contribution in [3.8, 4) is 0 Å². The molecule has 0 saturated heterocycles. The minimum Gasteiger partial charge on any atom is -0.478 e. The summed E-state index contributed by atoms with van der Waals surface area (Å²) in [4.78, 5) is 11.5. The molecule has 3 N–H and O–H groups in total. The molecule has 1 heterocycles. The minimum atomic E-state index is -1.00. The Labute approximate surface area is 111 Å². The maximum absolute atomic E-state index is 11.5. The zero-order valence-electron chi connectivity index (χ0n) is 11.2. The van der Waals surface area contributed by atoms with E-state index < -0.39 is 11.5 Å². The van der Waals surface area contributed by atoms with E-state index in [0.29, 0.717) is 12.8 Å². The highest BCUT2D eigenvalue weighted by molar-refractivity contribution is 5.95. The summed E-state index contributed by atoms with van der Waals surface area (Å²) in [6.45, 7) is 3.81. The van der Waals surface area contributed by atoms with Crippen LogP contribution in [0.15, 0.2) is 0 Å². The molecule has 104 valence electrons. The molecule has 1 aliphatic rings. The van der Waals surface area contributed by atoms with Crippen LogP contribution in [-0.4, -0.2) is 38.5 Å². The second-order valence-electron chi connectivity index (χ2n) is 4.92. The number of aromatic nitrogens is 2. The van der Waals surface area contributed by atoms with Gasteiger partial charge in [-0.25, -0.2) is 4.79 Å². The van der Waals surface area contributed by atoms with Crippen LogP contribution in [0.4, 0.5) is 5.82 Å². The van der Waals surface area contributed by atoms with E-state index in [0.717, 1.165) is 24.1 Å². The SMILES string of the molecule is CCc1nnc(NC2(CO)CC2)c(C(=O)O)c1CC. The predicted molar refractivity (Wildman–Crippen MR) is 70.4 cm³/mol. The van der Waals surface area contributed by atoms with Crippen LogP contribution in [0.2, 0.25) is 0 Å². The van der Waals surface area contributed by atoms with Crippen LogP contribution in [0.5, 0.6) is 0 Å². The third-order valence-electron chi connectivity index (χ3n) is 3.60. The van der Waals surface area contributed by atoms with E-state index in [4.69, 9.17) is 0 Å². The van der Waals surface area contributed by atoms with Gasteiger partial charge < -0.3 is 15.5 Å². The smallest absolute Gasteiger partial charge is 0.339 e. The zero-order chi connectivity index (χ0) is 14.0. The standard InChI is InChI=1S/C13H19N3O3/c1-3-8-9(4-2)15-16-11(10(8)12(18)19)14-13(7-17)5-6-13/h17H,3-7H2,1-2H3,(H,14,16)(H,18,19). The van der Waals surface area contributed by atoms with Gasteiger partial charge in [0.05, 0.1) is 17.8 Å². The number of carboxylic acid groups (broad SMARTS) is 1. The number of nitrogens with zero attached hydrogens (tertiary/aromatic N) is 2. The molecule has 2 rings (SSSR count). The van der Waals surface area contributed by atoms with Gasteiger partial charge in [0, 0.05) is 0 Å². The number of hydrogen-bond donors (Lipinski definition) is 3. The third-order valence-corrected chi connectivity index (χ3v) is 3.60. The topological polar surface area (TPSA) is 95.3 Å². The Kier molecular flexibility index (Phi) is 3.71. The number of rotatable bonds is 6. The number of aliphatic hydroxyl groups is 1. The van der Waals surface area contributed by atoms with Crippen molar-refractivity contribution >= 4 is 11.8 Å². The van der Waals surface area contributed by atoms with Gasteiger partial charge in [0.2, 0.25) is 0 Å². The highest BCUT2D eigenvalue weighted by atomic mass is 16.4. The van der Waals surface area contributed by atoms with Gasteiger partial charge in [-0.05, 0) is 31.2 Å². The fourth-order valence-electron chi connectivity index (χ4n) is 2.22. The van der Waals surface area contributed by atoms with Crippen molar-refractivity contribution < 1.29 is 15.0 Å². The molecule has 0 atom stereocenters. The summed E-state index contributed by atoms with van der Waals surface area (Å²) >= 11 is 0. The number of hydrogen-bond acceptors (Lipinski definition) is 5. The number of anilines is 1.